The Morgan fingerprint density at radius 2 is 1.57 bits per heavy atom. The Balaban J connectivity index is 1.61. The summed E-state index contributed by atoms with van der Waals surface area (Å²) in [6, 6.07) is 8.77. The molecule has 0 N–H and O–H groups in total. The third kappa shape index (κ3) is 2.49. The molecule has 0 unspecified atom stereocenters. The zero-order valence-electron chi connectivity index (χ0n) is 11.7. The lowest BCUT2D eigenvalue weighted by Gasteiger charge is -2.35. The van der Waals surface area contributed by atoms with Gasteiger partial charge in [0.25, 0.3) is 0 Å². The third-order valence-corrected chi connectivity index (χ3v) is 4.44. The van der Waals surface area contributed by atoms with E-state index in [0.717, 1.165) is 0 Å². The van der Waals surface area contributed by atoms with Gasteiger partial charge >= 0.3 is 5.97 Å². The van der Waals surface area contributed by atoms with E-state index in [2.05, 4.69) is 0 Å². The minimum absolute atomic E-state index is 0.0570. The van der Waals surface area contributed by atoms with Crippen LogP contribution in [0.2, 0.25) is 0 Å². The predicted molar refractivity (Wildman–Crippen MR) is 74.3 cm³/mol. The summed E-state index contributed by atoms with van der Waals surface area (Å²) < 4.78 is 0. The fourth-order valence-corrected chi connectivity index (χ4v) is 3.12. The minimum atomic E-state index is -0.796. The molecule has 110 valence electrons. The van der Waals surface area contributed by atoms with E-state index < -0.39 is 11.4 Å². The smallest absolute Gasteiger partial charge is 0.357 e. The maximum Gasteiger partial charge on any atom is 0.357 e. The summed E-state index contributed by atoms with van der Waals surface area (Å²) in [7, 11) is 0. The number of carbonyl (C=O) groups excluding carboxylic acids is 3. The van der Waals surface area contributed by atoms with Crippen molar-refractivity contribution < 1.29 is 19.2 Å². The summed E-state index contributed by atoms with van der Waals surface area (Å²) in [5.41, 5.74) is -0.304. The van der Waals surface area contributed by atoms with Crippen molar-refractivity contribution in [2.24, 2.45) is 5.41 Å². The van der Waals surface area contributed by atoms with Crippen molar-refractivity contribution in [2.45, 2.75) is 25.7 Å². The van der Waals surface area contributed by atoms with Crippen molar-refractivity contribution in [1.29, 1.82) is 0 Å². The standard InChI is InChI=1S/C16H17NO4/c18-13-6-7-14(19)16(13)8-10-17(11-9-16)21-15(20)12-4-2-1-3-5-12/h1-5H,6-11H2. The molecule has 1 saturated carbocycles. The van der Waals surface area contributed by atoms with E-state index >= 15 is 0 Å². The van der Waals surface area contributed by atoms with Crippen molar-refractivity contribution in [3.63, 3.8) is 0 Å². The molecule has 5 nitrogen and oxygen atoms in total. The number of ketones is 2. The highest BCUT2D eigenvalue weighted by Crippen LogP contribution is 2.40. The van der Waals surface area contributed by atoms with E-state index in [1.54, 1.807) is 29.3 Å². The molecule has 1 aliphatic heterocycles. The molecule has 21 heavy (non-hydrogen) atoms. The van der Waals surface area contributed by atoms with Crippen LogP contribution in [0.1, 0.15) is 36.0 Å². The van der Waals surface area contributed by atoms with Gasteiger partial charge in [0.05, 0.1) is 11.0 Å². The molecule has 1 saturated heterocycles. The van der Waals surface area contributed by atoms with Gasteiger partial charge in [-0.3, -0.25) is 9.59 Å². The monoisotopic (exact) mass is 287 g/mol. The second-order valence-electron chi connectivity index (χ2n) is 5.60. The molecule has 0 atom stereocenters. The average Bonchev–Trinajstić information content (AvgIpc) is 2.79. The van der Waals surface area contributed by atoms with E-state index in [4.69, 9.17) is 4.84 Å². The van der Waals surface area contributed by atoms with Crippen LogP contribution in [0.15, 0.2) is 30.3 Å². The van der Waals surface area contributed by atoms with Crippen LogP contribution in [0.4, 0.5) is 0 Å². The van der Waals surface area contributed by atoms with Crippen LogP contribution >= 0.6 is 0 Å². The molecule has 1 aromatic rings. The number of hydrogen-bond donors (Lipinski definition) is 0. The number of hydroxylamine groups is 2. The second-order valence-corrected chi connectivity index (χ2v) is 5.60. The second kappa shape index (κ2) is 5.41. The van der Waals surface area contributed by atoms with Crippen LogP contribution in [0.3, 0.4) is 0 Å². The Morgan fingerprint density at radius 1 is 1.00 bits per heavy atom. The van der Waals surface area contributed by atoms with Crippen molar-refractivity contribution in [2.75, 3.05) is 13.1 Å². The Morgan fingerprint density at radius 3 is 2.14 bits per heavy atom. The highest BCUT2D eigenvalue weighted by atomic mass is 16.7. The molecule has 0 radical (unpaired) electrons. The number of piperidine rings is 1. The Hall–Kier alpha value is -2.01. The lowest BCUT2D eigenvalue weighted by molar-refractivity contribution is -0.155. The molecular weight excluding hydrogens is 270 g/mol. The normalized spacial score (nSPS) is 21.7. The zero-order chi connectivity index (χ0) is 14.9. The van der Waals surface area contributed by atoms with Crippen LogP contribution in [0.5, 0.6) is 0 Å². The van der Waals surface area contributed by atoms with Gasteiger partial charge in [-0.25, -0.2) is 4.79 Å². The first-order valence-corrected chi connectivity index (χ1v) is 7.21. The average molecular weight is 287 g/mol. The van der Waals surface area contributed by atoms with E-state index in [1.165, 1.54) is 0 Å². The molecule has 1 aliphatic carbocycles. The molecule has 1 heterocycles. The number of benzene rings is 1. The van der Waals surface area contributed by atoms with Crippen LogP contribution in [0.25, 0.3) is 0 Å². The quantitative estimate of drug-likeness (QED) is 0.776. The molecule has 1 spiro atoms. The molecule has 0 aromatic heterocycles. The van der Waals surface area contributed by atoms with Crippen LogP contribution < -0.4 is 0 Å². The molecule has 2 fully saturated rings. The Kier molecular flexibility index (Phi) is 3.59. The fraction of sp³-hybridized carbons (Fsp3) is 0.438. The van der Waals surface area contributed by atoms with Crippen molar-refractivity contribution in [3.05, 3.63) is 35.9 Å². The van der Waals surface area contributed by atoms with Gasteiger partial charge in [-0.2, -0.15) is 0 Å². The van der Waals surface area contributed by atoms with Crippen molar-refractivity contribution >= 4 is 17.5 Å². The lowest BCUT2D eigenvalue weighted by atomic mass is 9.76. The van der Waals surface area contributed by atoms with Gasteiger partial charge in [-0.15, -0.1) is 5.06 Å². The Bertz CT molecular complexity index is 555. The van der Waals surface area contributed by atoms with E-state index in [0.29, 0.717) is 44.3 Å². The highest BCUT2D eigenvalue weighted by molar-refractivity contribution is 6.12. The molecule has 0 amide bonds. The number of Topliss-reactive ketones (excluding diaryl/α,β-unsaturated/α-hetero) is 2. The maximum absolute atomic E-state index is 12.0. The molecular formula is C16H17NO4. The summed E-state index contributed by atoms with van der Waals surface area (Å²) in [6.45, 7) is 0.853. The Labute approximate surface area is 122 Å². The first-order chi connectivity index (χ1) is 10.1. The van der Waals surface area contributed by atoms with Gasteiger partial charge < -0.3 is 4.84 Å². The van der Waals surface area contributed by atoms with Gasteiger partial charge in [0.2, 0.25) is 0 Å². The summed E-state index contributed by atoms with van der Waals surface area (Å²) in [5, 5.41) is 1.56. The molecule has 1 aromatic carbocycles. The highest BCUT2D eigenvalue weighted by Gasteiger charge is 2.51. The molecule has 3 rings (SSSR count). The summed E-state index contributed by atoms with van der Waals surface area (Å²) in [4.78, 5) is 41.2. The predicted octanol–water partition coefficient (Wildman–Crippen LogP) is 1.77. The first kappa shape index (κ1) is 13.9. The number of carbonyl (C=O) groups is 3. The largest absolute Gasteiger partial charge is 0.364 e. The van der Waals surface area contributed by atoms with E-state index in [9.17, 15) is 14.4 Å². The SMILES string of the molecule is O=C(ON1CCC2(CC1)C(=O)CCC2=O)c1ccccc1. The minimum Gasteiger partial charge on any atom is -0.364 e. The van der Waals surface area contributed by atoms with Gasteiger partial charge in [0.1, 0.15) is 11.6 Å². The van der Waals surface area contributed by atoms with Gasteiger partial charge in [-0.05, 0) is 25.0 Å². The van der Waals surface area contributed by atoms with Gasteiger partial charge in [0, 0.05) is 25.9 Å². The summed E-state index contributed by atoms with van der Waals surface area (Å²) >= 11 is 0. The summed E-state index contributed by atoms with van der Waals surface area (Å²) in [5.74, 6) is -0.293. The maximum atomic E-state index is 12.0. The zero-order valence-corrected chi connectivity index (χ0v) is 11.7. The van der Waals surface area contributed by atoms with Gasteiger partial charge in [-0.1, -0.05) is 18.2 Å². The molecule has 2 aliphatic rings. The molecule has 0 bridgehead atoms. The summed E-state index contributed by atoms with van der Waals surface area (Å²) in [6.07, 6.45) is 1.63. The third-order valence-electron chi connectivity index (χ3n) is 4.44. The van der Waals surface area contributed by atoms with E-state index in [1.807, 2.05) is 6.07 Å². The number of rotatable bonds is 2. The lowest BCUT2D eigenvalue weighted by Crippen LogP contribution is -2.46. The van der Waals surface area contributed by atoms with Crippen molar-refractivity contribution in [3.8, 4) is 0 Å². The van der Waals surface area contributed by atoms with E-state index in [-0.39, 0.29) is 11.6 Å². The number of nitrogens with zero attached hydrogens (tertiary/aromatic N) is 1. The van der Waals surface area contributed by atoms with Crippen LogP contribution in [-0.4, -0.2) is 35.7 Å². The molecule has 5 heteroatoms. The van der Waals surface area contributed by atoms with Gasteiger partial charge in [0.15, 0.2) is 0 Å². The fourth-order valence-electron chi connectivity index (χ4n) is 3.12. The number of hydrogen-bond acceptors (Lipinski definition) is 5. The van der Waals surface area contributed by atoms with Crippen LogP contribution in [0, 0.1) is 5.41 Å². The van der Waals surface area contributed by atoms with Crippen molar-refractivity contribution in [1.82, 2.24) is 5.06 Å². The first-order valence-electron chi connectivity index (χ1n) is 7.21. The van der Waals surface area contributed by atoms with Crippen LogP contribution in [-0.2, 0) is 14.4 Å². The topological polar surface area (TPSA) is 63.7 Å².